The molecule has 0 atom stereocenters. The van der Waals surface area contributed by atoms with Gasteiger partial charge in [0.25, 0.3) is 0 Å². The summed E-state index contributed by atoms with van der Waals surface area (Å²) in [6.45, 7) is 5.88. The molecule has 0 aliphatic carbocycles. The Morgan fingerprint density at radius 3 is 2.71 bits per heavy atom. The van der Waals surface area contributed by atoms with Gasteiger partial charge in [-0.15, -0.1) is 0 Å². The van der Waals surface area contributed by atoms with E-state index in [-0.39, 0.29) is 24.1 Å². The smallest absolute Gasteiger partial charge is 0.224 e. The van der Waals surface area contributed by atoms with Gasteiger partial charge in [-0.05, 0) is 48.7 Å². The summed E-state index contributed by atoms with van der Waals surface area (Å²) in [6, 6.07) is 8.74. The van der Waals surface area contributed by atoms with E-state index in [2.05, 4.69) is 21.2 Å². The summed E-state index contributed by atoms with van der Waals surface area (Å²) >= 11 is 3.46. The first-order valence-electron chi connectivity index (χ1n) is 7.95. The van der Waals surface area contributed by atoms with Crippen LogP contribution < -0.4 is 10.1 Å². The van der Waals surface area contributed by atoms with E-state index in [4.69, 9.17) is 4.74 Å². The Bertz CT molecular complexity index is 746. The largest absolute Gasteiger partial charge is 0.486 e. The second-order valence-electron chi connectivity index (χ2n) is 5.52. The summed E-state index contributed by atoms with van der Waals surface area (Å²) in [6.07, 6.45) is 1.17. The summed E-state index contributed by atoms with van der Waals surface area (Å²) < 4.78 is 20.7. The van der Waals surface area contributed by atoms with E-state index >= 15 is 0 Å². The third kappa shape index (κ3) is 4.35. The molecular weight excluding hydrogens is 373 g/mol. The molecule has 0 aromatic heterocycles. The van der Waals surface area contributed by atoms with E-state index in [1.165, 1.54) is 6.07 Å². The fraction of sp³-hybridized carbons (Fsp3) is 0.316. The summed E-state index contributed by atoms with van der Waals surface area (Å²) in [5.41, 5.74) is 3.41. The van der Waals surface area contributed by atoms with Crippen LogP contribution in [-0.2, 0) is 17.8 Å². The van der Waals surface area contributed by atoms with Crippen molar-refractivity contribution in [3.63, 3.8) is 0 Å². The zero-order valence-corrected chi connectivity index (χ0v) is 15.7. The molecule has 2 aromatic carbocycles. The van der Waals surface area contributed by atoms with Gasteiger partial charge in [-0.1, -0.05) is 35.8 Å². The number of benzene rings is 2. The number of hydrogen-bond donors (Lipinski definition) is 1. The van der Waals surface area contributed by atoms with Crippen LogP contribution >= 0.6 is 15.9 Å². The molecule has 5 heteroatoms. The molecule has 24 heavy (non-hydrogen) atoms. The zero-order chi connectivity index (χ0) is 17.7. The molecule has 0 unspecified atom stereocenters. The Labute approximate surface area is 150 Å². The molecule has 0 saturated carbocycles. The SMILES string of the molecule is CCC(=O)Nc1cccc(Br)c1COc1cc(C)c(CC)cc1F. The lowest BCUT2D eigenvalue weighted by molar-refractivity contribution is -0.115. The minimum atomic E-state index is -0.372. The minimum Gasteiger partial charge on any atom is -0.486 e. The normalized spacial score (nSPS) is 10.5. The number of amides is 1. The van der Waals surface area contributed by atoms with E-state index in [0.717, 1.165) is 27.6 Å². The quantitative estimate of drug-likeness (QED) is 0.714. The number of ether oxygens (including phenoxy) is 1. The number of rotatable bonds is 6. The van der Waals surface area contributed by atoms with Gasteiger partial charge in [0.2, 0.25) is 5.91 Å². The number of carbonyl (C=O) groups excluding carboxylic acids is 1. The van der Waals surface area contributed by atoms with Crippen molar-refractivity contribution in [2.24, 2.45) is 0 Å². The Morgan fingerprint density at radius 2 is 2.04 bits per heavy atom. The molecule has 128 valence electrons. The van der Waals surface area contributed by atoms with Gasteiger partial charge in [-0.3, -0.25) is 4.79 Å². The van der Waals surface area contributed by atoms with Crippen molar-refractivity contribution in [3.8, 4) is 5.75 Å². The number of carbonyl (C=O) groups is 1. The van der Waals surface area contributed by atoms with Crippen LogP contribution in [-0.4, -0.2) is 5.91 Å². The maximum atomic E-state index is 14.2. The van der Waals surface area contributed by atoms with Crippen molar-refractivity contribution in [3.05, 3.63) is 57.3 Å². The third-order valence-electron chi connectivity index (χ3n) is 3.86. The topological polar surface area (TPSA) is 38.3 Å². The predicted octanol–water partition coefficient (Wildman–Crippen LogP) is 5.39. The van der Waals surface area contributed by atoms with Gasteiger partial charge in [-0.25, -0.2) is 4.39 Å². The van der Waals surface area contributed by atoms with E-state index in [1.807, 2.05) is 26.0 Å². The van der Waals surface area contributed by atoms with Gasteiger partial charge in [0, 0.05) is 22.1 Å². The van der Waals surface area contributed by atoms with Crippen molar-refractivity contribution in [2.75, 3.05) is 5.32 Å². The molecule has 0 aliphatic rings. The molecule has 2 aromatic rings. The number of aryl methyl sites for hydroxylation is 2. The summed E-state index contributed by atoms with van der Waals surface area (Å²) in [4.78, 5) is 11.7. The predicted molar refractivity (Wildman–Crippen MR) is 97.9 cm³/mol. The summed E-state index contributed by atoms with van der Waals surface area (Å²) in [7, 11) is 0. The van der Waals surface area contributed by atoms with Crippen LogP contribution in [0, 0.1) is 12.7 Å². The highest BCUT2D eigenvalue weighted by Crippen LogP contribution is 2.28. The molecule has 0 radical (unpaired) electrons. The van der Waals surface area contributed by atoms with E-state index in [0.29, 0.717) is 12.1 Å². The molecule has 1 N–H and O–H groups in total. The van der Waals surface area contributed by atoms with Crippen molar-refractivity contribution >= 4 is 27.5 Å². The van der Waals surface area contributed by atoms with Crippen LogP contribution in [0.3, 0.4) is 0 Å². The van der Waals surface area contributed by atoms with Crippen molar-refractivity contribution < 1.29 is 13.9 Å². The van der Waals surface area contributed by atoms with Gasteiger partial charge < -0.3 is 10.1 Å². The molecule has 2 rings (SSSR count). The molecule has 0 bridgehead atoms. The monoisotopic (exact) mass is 393 g/mol. The average molecular weight is 394 g/mol. The molecule has 0 heterocycles. The first kappa shape index (κ1) is 18.5. The maximum absolute atomic E-state index is 14.2. The zero-order valence-electron chi connectivity index (χ0n) is 14.1. The van der Waals surface area contributed by atoms with E-state index < -0.39 is 0 Å². The van der Waals surface area contributed by atoms with Crippen LogP contribution in [0.4, 0.5) is 10.1 Å². The Hall–Kier alpha value is -1.88. The van der Waals surface area contributed by atoms with Crippen LogP contribution in [0.15, 0.2) is 34.8 Å². The van der Waals surface area contributed by atoms with Crippen LogP contribution in [0.1, 0.15) is 37.0 Å². The van der Waals surface area contributed by atoms with E-state index in [1.54, 1.807) is 19.1 Å². The molecule has 0 spiro atoms. The van der Waals surface area contributed by atoms with Crippen LogP contribution in [0.25, 0.3) is 0 Å². The highest BCUT2D eigenvalue weighted by Gasteiger charge is 2.12. The van der Waals surface area contributed by atoms with E-state index in [9.17, 15) is 9.18 Å². The summed E-state index contributed by atoms with van der Waals surface area (Å²) in [5.74, 6) is -0.236. The second-order valence-corrected chi connectivity index (χ2v) is 6.37. The standard InChI is InChI=1S/C19H21BrFNO2/c1-4-13-10-16(21)18(9-12(13)3)24-11-14-15(20)7-6-8-17(14)22-19(23)5-2/h6-10H,4-5,11H2,1-3H3,(H,22,23). The first-order chi connectivity index (χ1) is 11.5. The van der Waals surface area contributed by atoms with Crippen LogP contribution in [0.5, 0.6) is 5.75 Å². The third-order valence-corrected chi connectivity index (χ3v) is 4.60. The van der Waals surface area contributed by atoms with Gasteiger partial charge in [-0.2, -0.15) is 0 Å². The highest BCUT2D eigenvalue weighted by molar-refractivity contribution is 9.10. The van der Waals surface area contributed by atoms with Crippen LogP contribution in [0.2, 0.25) is 0 Å². The maximum Gasteiger partial charge on any atom is 0.224 e. The Kier molecular flexibility index (Phi) is 6.37. The summed E-state index contributed by atoms with van der Waals surface area (Å²) in [5, 5.41) is 2.84. The molecule has 1 amide bonds. The van der Waals surface area contributed by atoms with Gasteiger partial charge in [0.1, 0.15) is 6.61 Å². The molecule has 0 aliphatic heterocycles. The Morgan fingerprint density at radius 1 is 1.29 bits per heavy atom. The molecule has 0 saturated heterocycles. The number of hydrogen-bond acceptors (Lipinski definition) is 2. The van der Waals surface area contributed by atoms with Crippen molar-refractivity contribution in [1.29, 1.82) is 0 Å². The number of anilines is 1. The van der Waals surface area contributed by atoms with Gasteiger partial charge >= 0.3 is 0 Å². The van der Waals surface area contributed by atoms with Gasteiger partial charge in [0.15, 0.2) is 11.6 Å². The second kappa shape index (κ2) is 8.29. The lowest BCUT2D eigenvalue weighted by atomic mass is 10.1. The first-order valence-corrected chi connectivity index (χ1v) is 8.74. The Balaban J connectivity index is 2.23. The van der Waals surface area contributed by atoms with Crippen molar-refractivity contribution in [2.45, 2.75) is 40.2 Å². The minimum absolute atomic E-state index is 0.0799. The molecule has 0 fully saturated rings. The fourth-order valence-electron chi connectivity index (χ4n) is 2.40. The lowest BCUT2D eigenvalue weighted by Crippen LogP contribution is -2.12. The van der Waals surface area contributed by atoms with Crippen molar-refractivity contribution in [1.82, 2.24) is 0 Å². The fourth-order valence-corrected chi connectivity index (χ4v) is 2.88. The molecular formula is C19H21BrFNO2. The number of nitrogens with one attached hydrogen (secondary N) is 1. The van der Waals surface area contributed by atoms with Gasteiger partial charge in [0.05, 0.1) is 0 Å². The highest BCUT2D eigenvalue weighted by atomic mass is 79.9. The lowest BCUT2D eigenvalue weighted by Gasteiger charge is -2.15. The average Bonchev–Trinajstić information content (AvgIpc) is 2.56. The molecule has 3 nitrogen and oxygen atoms in total. The number of halogens is 2.